The summed E-state index contributed by atoms with van der Waals surface area (Å²) in [6, 6.07) is 12.0. The number of fused-ring (bicyclic) bond motifs is 1. The molecule has 2 heterocycles. The first kappa shape index (κ1) is 21.3. The van der Waals surface area contributed by atoms with Crippen molar-refractivity contribution in [1.29, 1.82) is 0 Å². The van der Waals surface area contributed by atoms with Crippen LogP contribution in [0.1, 0.15) is 27.4 Å². The molecule has 31 heavy (non-hydrogen) atoms. The average molecular weight is 438 g/mol. The second-order valence-corrected chi connectivity index (χ2v) is 8.70. The Morgan fingerprint density at radius 2 is 1.84 bits per heavy atom. The van der Waals surface area contributed by atoms with Crippen LogP contribution < -0.4 is 14.8 Å². The third kappa shape index (κ3) is 5.24. The molecule has 162 valence electrons. The summed E-state index contributed by atoms with van der Waals surface area (Å²) < 4.78 is 10.9. The van der Waals surface area contributed by atoms with E-state index < -0.39 is 0 Å². The number of carbonyl (C=O) groups excluding carboxylic acids is 1. The molecule has 0 spiro atoms. The number of aromatic nitrogens is 1. The lowest BCUT2D eigenvalue weighted by Crippen LogP contribution is -2.30. The fourth-order valence-electron chi connectivity index (χ4n) is 3.79. The van der Waals surface area contributed by atoms with E-state index in [1.165, 1.54) is 16.7 Å². The van der Waals surface area contributed by atoms with Gasteiger partial charge in [0.25, 0.3) is 0 Å². The van der Waals surface area contributed by atoms with Gasteiger partial charge in [-0.05, 0) is 48.7 Å². The molecule has 1 aliphatic rings. The van der Waals surface area contributed by atoms with Crippen LogP contribution in [0.25, 0.3) is 0 Å². The summed E-state index contributed by atoms with van der Waals surface area (Å²) in [5.41, 5.74) is 5.55. The minimum atomic E-state index is -0.0438. The topological polar surface area (TPSA) is 63.7 Å². The van der Waals surface area contributed by atoms with Crippen molar-refractivity contribution < 1.29 is 14.3 Å². The molecule has 1 N–H and O–H groups in total. The standard InChI is InChI=1S/C24H27N3O3S/c1-16-4-6-19(7-5-16)25-23(28)12-24-26-20(15-31-24)14-27-9-8-17-10-21(29-2)22(30-3)11-18(17)13-27/h4-7,10-11,15H,8-9,12-14H2,1-3H3,(H,25,28). The van der Waals surface area contributed by atoms with E-state index in [4.69, 9.17) is 9.47 Å². The zero-order chi connectivity index (χ0) is 21.8. The van der Waals surface area contributed by atoms with Crippen LogP contribution in [-0.2, 0) is 30.7 Å². The van der Waals surface area contributed by atoms with Gasteiger partial charge in [0.05, 0.1) is 26.3 Å². The van der Waals surface area contributed by atoms with Crippen LogP contribution in [0.5, 0.6) is 11.5 Å². The monoisotopic (exact) mass is 437 g/mol. The van der Waals surface area contributed by atoms with E-state index in [1.54, 1.807) is 25.6 Å². The molecule has 0 saturated heterocycles. The van der Waals surface area contributed by atoms with E-state index in [9.17, 15) is 4.79 Å². The number of hydrogen-bond acceptors (Lipinski definition) is 6. The van der Waals surface area contributed by atoms with Crippen LogP contribution in [0, 0.1) is 6.92 Å². The van der Waals surface area contributed by atoms with Gasteiger partial charge in [-0.2, -0.15) is 0 Å². The molecule has 0 bridgehead atoms. The molecular weight excluding hydrogens is 410 g/mol. The van der Waals surface area contributed by atoms with Crippen LogP contribution in [-0.4, -0.2) is 36.6 Å². The molecule has 4 rings (SSSR count). The summed E-state index contributed by atoms with van der Waals surface area (Å²) in [6.45, 7) is 4.60. The van der Waals surface area contributed by atoms with Crippen molar-refractivity contribution in [3.63, 3.8) is 0 Å². The highest BCUT2D eigenvalue weighted by Gasteiger charge is 2.20. The summed E-state index contributed by atoms with van der Waals surface area (Å²) in [6.07, 6.45) is 1.25. The second kappa shape index (κ2) is 9.49. The molecule has 7 heteroatoms. The molecule has 1 aromatic heterocycles. The normalized spacial score (nSPS) is 13.5. The Hall–Kier alpha value is -2.90. The number of nitrogens with one attached hydrogen (secondary N) is 1. The number of ether oxygens (including phenoxy) is 2. The summed E-state index contributed by atoms with van der Waals surface area (Å²) in [7, 11) is 3.33. The van der Waals surface area contributed by atoms with Gasteiger partial charge in [0, 0.05) is 30.7 Å². The molecule has 0 saturated carbocycles. The molecule has 1 aliphatic heterocycles. The zero-order valence-electron chi connectivity index (χ0n) is 18.1. The SMILES string of the molecule is COc1cc2c(cc1OC)CN(Cc1csc(CC(=O)Nc3ccc(C)cc3)n1)CC2. The predicted octanol–water partition coefficient (Wildman–Crippen LogP) is 4.21. The first-order chi connectivity index (χ1) is 15.0. The van der Waals surface area contributed by atoms with Gasteiger partial charge in [0.15, 0.2) is 11.5 Å². The van der Waals surface area contributed by atoms with E-state index in [0.717, 1.165) is 53.9 Å². The van der Waals surface area contributed by atoms with Crippen LogP contribution in [0.2, 0.25) is 0 Å². The minimum absolute atomic E-state index is 0.0438. The highest BCUT2D eigenvalue weighted by molar-refractivity contribution is 7.09. The number of amides is 1. The van der Waals surface area contributed by atoms with E-state index in [1.807, 2.05) is 31.2 Å². The van der Waals surface area contributed by atoms with Crippen molar-refractivity contribution in [3.05, 3.63) is 69.2 Å². The maximum absolute atomic E-state index is 12.3. The lowest BCUT2D eigenvalue weighted by Gasteiger charge is -2.29. The van der Waals surface area contributed by atoms with E-state index in [2.05, 4.69) is 32.7 Å². The lowest BCUT2D eigenvalue weighted by atomic mass is 9.98. The quantitative estimate of drug-likeness (QED) is 0.600. The summed E-state index contributed by atoms with van der Waals surface area (Å²) >= 11 is 1.54. The smallest absolute Gasteiger partial charge is 0.231 e. The van der Waals surface area contributed by atoms with Gasteiger partial charge in [-0.1, -0.05) is 17.7 Å². The first-order valence-electron chi connectivity index (χ1n) is 10.3. The molecule has 3 aromatic rings. The summed E-state index contributed by atoms with van der Waals surface area (Å²) in [4.78, 5) is 19.4. The zero-order valence-corrected chi connectivity index (χ0v) is 18.9. The minimum Gasteiger partial charge on any atom is -0.493 e. The average Bonchev–Trinajstić information content (AvgIpc) is 3.20. The first-order valence-corrected chi connectivity index (χ1v) is 11.2. The van der Waals surface area contributed by atoms with Crippen molar-refractivity contribution in [1.82, 2.24) is 9.88 Å². The van der Waals surface area contributed by atoms with Crippen molar-refractivity contribution in [3.8, 4) is 11.5 Å². The lowest BCUT2D eigenvalue weighted by molar-refractivity contribution is -0.115. The molecule has 2 aromatic carbocycles. The number of methoxy groups -OCH3 is 2. The molecule has 0 radical (unpaired) electrons. The number of hydrogen-bond donors (Lipinski definition) is 1. The van der Waals surface area contributed by atoms with Crippen LogP contribution >= 0.6 is 11.3 Å². The van der Waals surface area contributed by atoms with Gasteiger partial charge in [-0.25, -0.2) is 4.98 Å². The number of rotatable bonds is 7. The van der Waals surface area contributed by atoms with Gasteiger partial charge in [-0.3, -0.25) is 9.69 Å². The molecule has 0 unspecified atom stereocenters. The van der Waals surface area contributed by atoms with E-state index >= 15 is 0 Å². The van der Waals surface area contributed by atoms with Gasteiger partial charge >= 0.3 is 0 Å². The Labute approximate surface area is 186 Å². The van der Waals surface area contributed by atoms with Crippen LogP contribution in [0.4, 0.5) is 5.69 Å². The number of anilines is 1. The maximum Gasteiger partial charge on any atom is 0.231 e. The Morgan fingerprint density at radius 1 is 1.13 bits per heavy atom. The summed E-state index contributed by atoms with van der Waals surface area (Å²) in [5, 5.41) is 5.83. The number of thiazole rings is 1. The maximum atomic E-state index is 12.3. The Bertz CT molecular complexity index is 1060. The molecule has 6 nitrogen and oxygen atoms in total. The molecule has 0 fully saturated rings. The van der Waals surface area contributed by atoms with Crippen molar-refractivity contribution >= 4 is 22.9 Å². The predicted molar refractivity (Wildman–Crippen MR) is 123 cm³/mol. The Kier molecular flexibility index (Phi) is 6.53. The van der Waals surface area contributed by atoms with Crippen molar-refractivity contribution in [2.75, 3.05) is 26.1 Å². The van der Waals surface area contributed by atoms with E-state index in [-0.39, 0.29) is 5.91 Å². The van der Waals surface area contributed by atoms with E-state index in [0.29, 0.717) is 6.42 Å². The third-order valence-electron chi connectivity index (χ3n) is 5.43. The molecule has 0 aliphatic carbocycles. The molecular formula is C24H27N3O3S. The van der Waals surface area contributed by atoms with Gasteiger partial charge in [0.1, 0.15) is 5.01 Å². The number of nitrogens with zero attached hydrogens (tertiary/aromatic N) is 2. The van der Waals surface area contributed by atoms with Gasteiger partial charge in [-0.15, -0.1) is 11.3 Å². The second-order valence-electron chi connectivity index (χ2n) is 7.76. The summed E-state index contributed by atoms with van der Waals surface area (Å²) in [5.74, 6) is 1.50. The number of carbonyl (C=O) groups is 1. The van der Waals surface area contributed by atoms with Crippen molar-refractivity contribution in [2.24, 2.45) is 0 Å². The van der Waals surface area contributed by atoms with Crippen LogP contribution in [0.15, 0.2) is 41.8 Å². The van der Waals surface area contributed by atoms with Crippen molar-refractivity contribution in [2.45, 2.75) is 32.9 Å². The molecule has 0 atom stereocenters. The Morgan fingerprint density at radius 3 is 2.55 bits per heavy atom. The number of benzene rings is 2. The fraction of sp³-hybridized carbons (Fsp3) is 0.333. The fourth-order valence-corrected chi connectivity index (χ4v) is 4.57. The number of aryl methyl sites for hydroxylation is 1. The highest BCUT2D eigenvalue weighted by Crippen LogP contribution is 2.33. The van der Waals surface area contributed by atoms with Gasteiger partial charge < -0.3 is 14.8 Å². The third-order valence-corrected chi connectivity index (χ3v) is 6.33. The Balaban J connectivity index is 1.35. The molecule has 1 amide bonds. The van der Waals surface area contributed by atoms with Crippen LogP contribution in [0.3, 0.4) is 0 Å². The largest absolute Gasteiger partial charge is 0.493 e. The highest BCUT2D eigenvalue weighted by atomic mass is 32.1. The van der Waals surface area contributed by atoms with Gasteiger partial charge in [0.2, 0.25) is 5.91 Å².